The minimum atomic E-state index is -0.355. The molecule has 0 radical (unpaired) electrons. The molecule has 1 aromatic rings. The Morgan fingerprint density at radius 3 is 2.58 bits per heavy atom. The number of hydrogen-bond acceptors (Lipinski definition) is 2. The van der Waals surface area contributed by atoms with E-state index in [-0.39, 0.29) is 28.4 Å². The van der Waals surface area contributed by atoms with E-state index < -0.39 is 0 Å². The van der Waals surface area contributed by atoms with Crippen LogP contribution in [0.15, 0.2) is 17.1 Å². The molecule has 0 aliphatic carbocycles. The molecule has 1 unspecified atom stereocenters. The van der Waals surface area contributed by atoms with Gasteiger partial charge in [-0.05, 0) is 18.8 Å². The standard InChI is InChI=1S/C14H21ClN2O2/c1-9-7-11(18)10(8-16-9)13(19)17-12(5-6-15)14(2,3)4/h7-8,12H,5-6H2,1-4H3,(H,16,18)(H,17,19). The number of halogens is 1. The summed E-state index contributed by atoms with van der Waals surface area (Å²) in [5.74, 6) is 0.109. The molecule has 0 aliphatic rings. The van der Waals surface area contributed by atoms with E-state index in [0.717, 1.165) is 5.69 Å². The van der Waals surface area contributed by atoms with Crippen LogP contribution in [0.1, 0.15) is 43.2 Å². The van der Waals surface area contributed by atoms with E-state index in [0.29, 0.717) is 12.3 Å². The molecule has 0 aliphatic heterocycles. The summed E-state index contributed by atoms with van der Waals surface area (Å²) in [6.45, 7) is 7.87. The third-order valence-corrected chi connectivity index (χ3v) is 3.27. The van der Waals surface area contributed by atoms with Crippen molar-refractivity contribution in [3.8, 4) is 0 Å². The fraction of sp³-hybridized carbons (Fsp3) is 0.571. The van der Waals surface area contributed by atoms with Gasteiger partial charge in [-0.1, -0.05) is 20.8 Å². The van der Waals surface area contributed by atoms with Gasteiger partial charge in [-0.3, -0.25) is 9.59 Å². The second-order valence-electron chi connectivity index (χ2n) is 5.76. The Hall–Kier alpha value is -1.29. The van der Waals surface area contributed by atoms with Gasteiger partial charge in [-0.25, -0.2) is 0 Å². The summed E-state index contributed by atoms with van der Waals surface area (Å²) < 4.78 is 0. The van der Waals surface area contributed by atoms with Crippen molar-refractivity contribution in [2.45, 2.75) is 40.2 Å². The highest BCUT2D eigenvalue weighted by Crippen LogP contribution is 2.22. The number of carbonyl (C=O) groups excluding carboxylic acids is 1. The van der Waals surface area contributed by atoms with E-state index in [1.807, 2.05) is 20.8 Å². The second-order valence-corrected chi connectivity index (χ2v) is 6.14. The van der Waals surface area contributed by atoms with Gasteiger partial charge in [0.05, 0.1) is 0 Å². The van der Waals surface area contributed by atoms with Gasteiger partial charge in [0.1, 0.15) is 5.56 Å². The molecule has 0 saturated heterocycles. The Morgan fingerprint density at radius 2 is 2.11 bits per heavy atom. The average Bonchev–Trinajstić information content (AvgIpc) is 2.26. The van der Waals surface area contributed by atoms with Crippen LogP contribution in [-0.4, -0.2) is 22.8 Å². The van der Waals surface area contributed by atoms with Crippen LogP contribution in [-0.2, 0) is 0 Å². The van der Waals surface area contributed by atoms with Crippen molar-refractivity contribution < 1.29 is 4.79 Å². The zero-order valence-electron chi connectivity index (χ0n) is 11.8. The lowest BCUT2D eigenvalue weighted by atomic mass is 9.85. The number of pyridine rings is 1. The molecule has 0 saturated carbocycles. The molecular weight excluding hydrogens is 264 g/mol. The molecule has 0 spiro atoms. The third kappa shape index (κ3) is 4.39. The lowest BCUT2D eigenvalue weighted by Gasteiger charge is -2.31. The molecule has 1 amide bonds. The van der Waals surface area contributed by atoms with E-state index >= 15 is 0 Å². The van der Waals surface area contributed by atoms with Gasteiger partial charge >= 0.3 is 0 Å². The van der Waals surface area contributed by atoms with Gasteiger partial charge in [0.15, 0.2) is 5.43 Å². The van der Waals surface area contributed by atoms with Crippen LogP contribution in [0, 0.1) is 12.3 Å². The zero-order valence-corrected chi connectivity index (χ0v) is 12.6. The number of carbonyl (C=O) groups is 1. The van der Waals surface area contributed by atoms with Crippen LogP contribution in [0.3, 0.4) is 0 Å². The van der Waals surface area contributed by atoms with Crippen molar-refractivity contribution in [3.05, 3.63) is 33.7 Å². The molecule has 0 bridgehead atoms. The first kappa shape index (κ1) is 15.8. The first-order valence-electron chi connectivity index (χ1n) is 6.32. The number of aromatic nitrogens is 1. The van der Waals surface area contributed by atoms with Gasteiger partial charge in [-0.15, -0.1) is 11.6 Å². The molecule has 1 atom stereocenters. The maximum atomic E-state index is 12.1. The fourth-order valence-corrected chi connectivity index (χ4v) is 2.04. The van der Waals surface area contributed by atoms with Crippen molar-refractivity contribution in [2.75, 3.05) is 5.88 Å². The summed E-state index contributed by atoms with van der Waals surface area (Å²) >= 11 is 5.76. The minimum Gasteiger partial charge on any atom is -0.364 e. The Morgan fingerprint density at radius 1 is 1.47 bits per heavy atom. The SMILES string of the molecule is Cc1cc(=O)c(C(=O)NC(CCCl)C(C)(C)C)c[nH]1. The van der Waals surface area contributed by atoms with Crippen molar-refractivity contribution in [1.29, 1.82) is 0 Å². The number of alkyl halides is 1. The molecule has 0 fully saturated rings. The maximum absolute atomic E-state index is 12.1. The molecule has 1 aromatic heterocycles. The van der Waals surface area contributed by atoms with Gasteiger partial charge in [0.25, 0.3) is 5.91 Å². The Labute approximate surface area is 118 Å². The van der Waals surface area contributed by atoms with Gasteiger partial charge in [-0.2, -0.15) is 0 Å². The summed E-state index contributed by atoms with van der Waals surface area (Å²) in [5, 5.41) is 2.89. The van der Waals surface area contributed by atoms with Crippen LogP contribution in [0.4, 0.5) is 0 Å². The van der Waals surface area contributed by atoms with Crippen molar-refractivity contribution in [2.24, 2.45) is 5.41 Å². The summed E-state index contributed by atoms with van der Waals surface area (Å²) in [7, 11) is 0. The maximum Gasteiger partial charge on any atom is 0.256 e. The van der Waals surface area contributed by atoms with Gasteiger partial charge < -0.3 is 10.3 Å². The Balaban J connectivity index is 2.91. The van der Waals surface area contributed by atoms with Gasteiger partial charge in [0, 0.05) is 29.9 Å². The predicted molar refractivity (Wildman–Crippen MR) is 77.8 cm³/mol. The number of nitrogens with one attached hydrogen (secondary N) is 2. The van der Waals surface area contributed by atoms with Crippen LogP contribution in [0.5, 0.6) is 0 Å². The lowest BCUT2D eigenvalue weighted by molar-refractivity contribution is 0.0899. The summed E-state index contributed by atoms with van der Waals surface area (Å²) in [4.78, 5) is 26.8. The highest BCUT2D eigenvalue weighted by molar-refractivity contribution is 6.17. The molecule has 5 heteroatoms. The van der Waals surface area contributed by atoms with E-state index in [9.17, 15) is 9.59 Å². The highest BCUT2D eigenvalue weighted by Gasteiger charge is 2.26. The molecule has 1 rings (SSSR count). The first-order valence-corrected chi connectivity index (χ1v) is 6.85. The van der Waals surface area contributed by atoms with Crippen molar-refractivity contribution in [1.82, 2.24) is 10.3 Å². The lowest BCUT2D eigenvalue weighted by Crippen LogP contribution is -2.45. The number of hydrogen-bond donors (Lipinski definition) is 2. The summed E-state index contributed by atoms with van der Waals surface area (Å²) in [6.07, 6.45) is 2.12. The Bertz CT molecular complexity index is 503. The number of rotatable bonds is 4. The van der Waals surface area contributed by atoms with Crippen LogP contribution >= 0.6 is 11.6 Å². The number of aryl methyl sites for hydroxylation is 1. The summed E-state index contributed by atoms with van der Waals surface area (Å²) in [5.41, 5.74) is 0.485. The Kier molecular flexibility index (Phi) is 5.18. The first-order chi connectivity index (χ1) is 8.75. The molecule has 0 aromatic carbocycles. The smallest absolute Gasteiger partial charge is 0.256 e. The minimum absolute atomic E-state index is 0.0711. The molecule has 1 heterocycles. The van der Waals surface area contributed by atoms with Crippen LogP contribution in [0.25, 0.3) is 0 Å². The monoisotopic (exact) mass is 284 g/mol. The second kappa shape index (κ2) is 6.24. The van der Waals surface area contributed by atoms with Crippen molar-refractivity contribution >= 4 is 17.5 Å². The van der Waals surface area contributed by atoms with E-state index in [1.54, 1.807) is 6.92 Å². The molecular formula is C14H21ClN2O2. The predicted octanol–water partition coefficient (Wildman–Crippen LogP) is 2.46. The van der Waals surface area contributed by atoms with Crippen LogP contribution < -0.4 is 10.7 Å². The normalized spacial score (nSPS) is 13.1. The molecule has 2 N–H and O–H groups in total. The van der Waals surface area contributed by atoms with E-state index in [1.165, 1.54) is 12.3 Å². The van der Waals surface area contributed by atoms with E-state index in [2.05, 4.69) is 10.3 Å². The van der Waals surface area contributed by atoms with Crippen molar-refractivity contribution in [3.63, 3.8) is 0 Å². The highest BCUT2D eigenvalue weighted by atomic mass is 35.5. The van der Waals surface area contributed by atoms with E-state index in [4.69, 9.17) is 11.6 Å². The third-order valence-electron chi connectivity index (χ3n) is 3.05. The molecule has 106 valence electrons. The average molecular weight is 285 g/mol. The largest absolute Gasteiger partial charge is 0.364 e. The number of H-pyrrole nitrogens is 1. The quantitative estimate of drug-likeness (QED) is 0.834. The molecule has 4 nitrogen and oxygen atoms in total. The zero-order chi connectivity index (χ0) is 14.6. The number of amides is 1. The molecule has 19 heavy (non-hydrogen) atoms. The topological polar surface area (TPSA) is 62.0 Å². The van der Waals surface area contributed by atoms with Gasteiger partial charge in [0.2, 0.25) is 0 Å². The summed E-state index contributed by atoms with van der Waals surface area (Å²) in [6, 6.07) is 1.35. The van der Waals surface area contributed by atoms with Crippen LogP contribution in [0.2, 0.25) is 0 Å². The number of aromatic amines is 1. The fourth-order valence-electron chi connectivity index (χ4n) is 1.82.